The molecule has 0 aliphatic rings. The molecular formula is C12H17IO. The fourth-order valence-corrected chi connectivity index (χ4v) is 2.41. The van der Waals surface area contributed by atoms with E-state index in [1.54, 1.807) is 7.11 Å². The van der Waals surface area contributed by atoms with Crippen LogP contribution in [0.4, 0.5) is 0 Å². The maximum absolute atomic E-state index is 5.31. The van der Waals surface area contributed by atoms with E-state index >= 15 is 0 Å². The van der Waals surface area contributed by atoms with Crippen LogP contribution in [-0.4, -0.2) is 11.5 Å². The van der Waals surface area contributed by atoms with Crippen molar-refractivity contribution in [1.29, 1.82) is 0 Å². The van der Waals surface area contributed by atoms with Gasteiger partial charge in [-0.1, -0.05) is 41.6 Å². The lowest BCUT2D eigenvalue weighted by molar-refractivity contribution is 0.410. The summed E-state index contributed by atoms with van der Waals surface area (Å²) in [6.45, 7) is 4.34. The molecule has 0 radical (unpaired) electrons. The van der Waals surface area contributed by atoms with Gasteiger partial charge < -0.3 is 4.74 Å². The Morgan fingerprint density at radius 3 is 2.71 bits per heavy atom. The summed E-state index contributed by atoms with van der Waals surface area (Å²) in [6, 6.07) is 6.50. The average Bonchev–Trinajstić information content (AvgIpc) is 2.19. The first kappa shape index (κ1) is 11.8. The molecule has 0 heterocycles. The van der Waals surface area contributed by atoms with E-state index in [9.17, 15) is 0 Å². The third kappa shape index (κ3) is 2.87. The number of aryl methyl sites for hydroxylation is 1. The molecule has 1 aromatic carbocycles. The van der Waals surface area contributed by atoms with E-state index in [-0.39, 0.29) is 0 Å². The van der Waals surface area contributed by atoms with Crippen molar-refractivity contribution in [3.63, 3.8) is 0 Å². The van der Waals surface area contributed by atoms with Crippen LogP contribution in [0.5, 0.6) is 5.75 Å². The summed E-state index contributed by atoms with van der Waals surface area (Å²) in [6.07, 6.45) is 1.23. The zero-order valence-corrected chi connectivity index (χ0v) is 11.2. The number of rotatable bonds is 4. The van der Waals surface area contributed by atoms with E-state index in [4.69, 9.17) is 4.74 Å². The quantitative estimate of drug-likeness (QED) is 0.605. The minimum Gasteiger partial charge on any atom is -0.496 e. The molecule has 0 aromatic heterocycles. The van der Waals surface area contributed by atoms with Gasteiger partial charge in [0.15, 0.2) is 0 Å². The molecule has 1 aromatic rings. The molecule has 0 fully saturated rings. The summed E-state index contributed by atoms with van der Waals surface area (Å²) in [7, 11) is 1.73. The van der Waals surface area contributed by atoms with Crippen LogP contribution in [0.15, 0.2) is 18.2 Å². The molecule has 0 saturated carbocycles. The number of ether oxygens (including phenoxy) is 1. The minimum atomic E-state index is 0.626. The van der Waals surface area contributed by atoms with Gasteiger partial charge in [-0.25, -0.2) is 0 Å². The van der Waals surface area contributed by atoms with Gasteiger partial charge in [0.1, 0.15) is 5.75 Å². The van der Waals surface area contributed by atoms with Crippen LogP contribution in [0, 0.1) is 6.92 Å². The molecular weight excluding hydrogens is 287 g/mol. The minimum absolute atomic E-state index is 0.626. The maximum atomic E-state index is 5.31. The van der Waals surface area contributed by atoms with Gasteiger partial charge in [-0.15, -0.1) is 0 Å². The standard InChI is InChI=1S/C12H17IO/c1-9(6-7-13)11-5-4-10(2)12(8-11)14-3/h4-5,8-9H,6-7H2,1-3H3. The van der Waals surface area contributed by atoms with Crippen molar-refractivity contribution in [3.05, 3.63) is 29.3 Å². The Morgan fingerprint density at radius 1 is 1.43 bits per heavy atom. The van der Waals surface area contributed by atoms with Crippen LogP contribution >= 0.6 is 22.6 Å². The van der Waals surface area contributed by atoms with Crippen molar-refractivity contribution in [2.75, 3.05) is 11.5 Å². The summed E-state index contributed by atoms with van der Waals surface area (Å²) < 4.78 is 6.52. The third-order valence-corrected chi connectivity index (χ3v) is 3.17. The summed E-state index contributed by atoms with van der Waals surface area (Å²) in [5.74, 6) is 1.63. The van der Waals surface area contributed by atoms with Crippen LogP contribution in [0.2, 0.25) is 0 Å². The fraction of sp³-hybridized carbons (Fsp3) is 0.500. The lowest BCUT2D eigenvalue weighted by Gasteiger charge is -2.12. The highest BCUT2D eigenvalue weighted by atomic mass is 127. The Kier molecular flexibility index (Phi) is 4.72. The number of hydrogen-bond donors (Lipinski definition) is 0. The fourth-order valence-electron chi connectivity index (χ4n) is 1.47. The summed E-state index contributed by atoms with van der Waals surface area (Å²) in [5.41, 5.74) is 2.59. The molecule has 14 heavy (non-hydrogen) atoms. The molecule has 1 rings (SSSR count). The van der Waals surface area contributed by atoms with Crippen LogP contribution in [0.25, 0.3) is 0 Å². The Hall–Kier alpha value is -0.250. The Balaban J connectivity index is 2.88. The van der Waals surface area contributed by atoms with Crippen molar-refractivity contribution in [1.82, 2.24) is 0 Å². The van der Waals surface area contributed by atoms with E-state index < -0.39 is 0 Å². The molecule has 0 aliphatic heterocycles. The van der Waals surface area contributed by atoms with Gasteiger partial charge in [0.05, 0.1) is 7.11 Å². The van der Waals surface area contributed by atoms with Gasteiger partial charge in [-0.2, -0.15) is 0 Å². The number of hydrogen-bond acceptors (Lipinski definition) is 1. The molecule has 1 unspecified atom stereocenters. The zero-order valence-electron chi connectivity index (χ0n) is 9.01. The summed E-state index contributed by atoms with van der Waals surface area (Å²) in [5, 5.41) is 0. The van der Waals surface area contributed by atoms with E-state index in [0.717, 1.165) is 5.75 Å². The van der Waals surface area contributed by atoms with Crippen molar-refractivity contribution < 1.29 is 4.74 Å². The van der Waals surface area contributed by atoms with Crippen molar-refractivity contribution in [2.45, 2.75) is 26.2 Å². The van der Waals surface area contributed by atoms with Gasteiger partial charge in [0.25, 0.3) is 0 Å². The van der Waals surface area contributed by atoms with E-state index in [1.807, 2.05) is 0 Å². The van der Waals surface area contributed by atoms with Crippen LogP contribution < -0.4 is 4.74 Å². The molecule has 0 N–H and O–H groups in total. The van der Waals surface area contributed by atoms with Gasteiger partial charge in [-0.05, 0) is 36.5 Å². The van der Waals surface area contributed by atoms with Gasteiger partial charge >= 0.3 is 0 Å². The highest BCUT2D eigenvalue weighted by Crippen LogP contribution is 2.26. The van der Waals surface area contributed by atoms with Crippen LogP contribution in [0.1, 0.15) is 30.4 Å². The second-order valence-corrected chi connectivity index (χ2v) is 4.69. The molecule has 1 atom stereocenters. The monoisotopic (exact) mass is 304 g/mol. The number of alkyl halides is 1. The molecule has 0 saturated heterocycles. The lowest BCUT2D eigenvalue weighted by Crippen LogP contribution is -1.96. The maximum Gasteiger partial charge on any atom is 0.122 e. The van der Waals surface area contributed by atoms with Crippen LogP contribution in [-0.2, 0) is 0 Å². The molecule has 0 bridgehead atoms. The molecule has 0 aliphatic carbocycles. The van der Waals surface area contributed by atoms with E-state index in [0.29, 0.717) is 5.92 Å². The third-order valence-electron chi connectivity index (χ3n) is 2.54. The molecule has 1 nitrogen and oxygen atoms in total. The smallest absolute Gasteiger partial charge is 0.122 e. The highest BCUT2D eigenvalue weighted by molar-refractivity contribution is 14.1. The van der Waals surface area contributed by atoms with Crippen molar-refractivity contribution in [2.24, 2.45) is 0 Å². The highest BCUT2D eigenvalue weighted by Gasteiger charge is 2.07. The second kappa shape index (κ2) is 5.59. The first-order valence-electron chi connectivity index (χ1n) is 4.89. The average molecular weight is 304 g/mol. The second-order valence-electron chi connectivity index (χ2n) is 3.61. The van der Waals surface area contributed by atoms with Gasteiger partial charge in [0.2, 0.25) is 0 Å². The van der Waals surface area contributed by atoms with Gasteiger partial charge in [0, 0.05) is 4.43 Å². The Morgan fingerprint density at radius 2 is 2.14 bits per heavy atom. The van der Waals surface area contributed by atoms with Gasteiger partial charge in [-0.3, -0.25) is 0 Å². The predicted molar refractivity (Wildman–Crippen MR) is 69.7 cm³/mol. The van der Waals surface area contributed by atoms with Crippen molar-refractivity contribution >= 4 is 22.6 Å². The lowest BCUT2D eigenvalue weighted by atomic mass is 9.97. The number of benzene rings is 1. The Labute approximate surface area is 100.0 Å². The molecule has 0 spiro atoms. The summed E-state index contributed by atoms with van der Waals surface area (Å²) in [4.78, 5) is 0. The summed E-state index contributed by atoms with van der Waals surface area (Å²) >= 11 is 2.42. The first-order valence-corrected chi connectivity index (χ1v) is 6.42. The van der Waals surface area contributed by atoms with Crippen molar-refractivity contribution in [3.8, 4) is 5.75 Å². The van der Waals surface area contributed by atoms with Crippen LogP contribution in [0.3, 0.4) is 0 Å². The normalized spacial score (nSPS) is 12.6. The van der Waals surface area contributed by atoms with E-state index in [1.165, 1.54) is 22.0 Å². The molecule has 0 amide bonds. The Bertz CT molecular complexity index is 296. The molecule has 78 valence electrons. The molecule has 2 heteroatoms. The van der Waals surface area contributed by atoms with E-state index in [2.05, 4.69) is 54.6 Å². The number of halogens is 1. The largest absolute Gasteiger partial charge is 0.496 e. The SMILES string of the molecule is COc1cc(C(C)CCI)ccc1C. The predicted octanol–water partition coefficient (Wildman–Crippen LogP) is 3.93. The topological polar surface area (TPSA) is 9.23 Å². The first-order chi connectivity index (χ1) is 6.69. The number of methoxy groups -OCH3 is 1. The zero-order chi connectivity index (χ0) is 10.6.